The Morgan fingerprint density at radius 1 is 1.29 bits per heavy atom. The third kappa shape index (κ3) is 6.16. The maximum atomic E-state index is 11.1. The molecule has 0 fully saturated rings. The van der Waals surface area contributed by atoms with Crippen LogP contribution in [0, 0.1) is 0 Å². The lowest BCUT2D eigenvalue weighted by molar-refractivity contribution is -0.141. The molecule has 0 aliphatic rings. The number of amides is 1. The van der Waals surface area contributed by atoms with Crippen LogP contribution < -0.4 is 5.32 Å². The van der Waals surface area contributed by atoms with Gasteiger partial charge in [-0.1, -0.05) is 6.92 Å². The van der Waals surface area contributed by atoms with Gasteiger partial charge in [-0.25, -0.2) is 0 Å². The fourth-order valence-corrected chi connectivity index (χ4v) is 0.754. The average molecular weight is 203 g/mol. The summed E-state index contributed by atoms with van der Waals surface area (Å²) in [6.45, 7) is 1.69. The number of methoxy groups -OCH3 is 1. The second kappa shape index (κ2) is 7.06. The van der Waals surface area contributed by atoms with Crippen LogP contribution >= 0.6 is 0 Å². The minimum atomic E-state index is -0.417. The van der Waals surface area contributed by atoms with Crippen LogP contribution in [0.15, 0.2) is 0 Å². The van der Waals surface area contributed by atoms with Crippen molar-refractivity contribution in [3.8, 4) is 0 Å². The second-order valence-corrected chi connectivity index (χ2v) is 2.75. The van der Waals surface area contributed by atoms with Gasteiger partial charge in [0.2, 0.25) is 5.91 Å². The van der Waals surface area contributed by atoms with Crippen molar-refractivity contribution < 1.29 is 20.5 Å². The maximum absolute atomic E-state index is 11.1. The summed E-state index contributed by atoms with van der Waals surface area (Å²) in [6.07, 6.45) is 0.526. The summed E-state index contributed by atoms with van der Waals surface area (Å²) < 4.78 is 4.37. The van der Waals surface area contributed by atoms with Gasteiger partial charge in [0, 0.05) is 14.3 Å². The Hall–Kier alpha value is -1.39. The summed E-state index contributed by atoms with van der Waals surface area (Å²) >= 11 is 0. The summed E-state index contributed by atoms with van der Waals surface area (Å²) in [6, 6.07) is 0. The Morgan fingerprint density at radius 3 is 2.43 bits per heavy atom. The summed E-state index contributed by atoms with van der Waals surface area (Å²) in [4.78, 5) is 32.5. The molecule has 0 bridgehead atoms. The lowest BCUT2D eigenvalue weighted by atomic mass is 10.2. The van der Waals surface area contributed by atoms with Gasteiger partial charge in [0.05, 0.1) is 20.1 Å². The fourth-order valence-electron chi connectivity index (χ4n) is 0.754. The molecular formula is C9H17NO4. The summed E-state index contributed by atoms with van der Waals surface area (Å²) in [5.41, 5.74) is 0. The predicted octanol–water partition coefficient (Wildman–Crippen LogP) is 0.281. The van der Waals surface area contributed by atoms with Crippen LogP contribution in [0.25, 0.3) is 0 Å². The van der Waals surface area contributed by atoms with E-state index in [1.165, 1.54) is 7.11 Å². The molecule has 1 N–H and O–H groups in total. The highest BCUT2D eigenvalue weighted by Crippen LogP contribution is 1.92. The number of ether oxygens (including phenoxy) is 1. The van der Waals surface area contributed by atoms with E-state index in [0.29, 0.717) is 6.42 Å². The van der Waals surface area contributed by atoms with E-state index in [0.717, 1.165) is 0 Å². The third-order valence-electron chi connectivity index (χ3n) is 1.64. The van der Waals surface area contributed by atoms with Crippen molar-refractivity contribution in [3.63, 3.8) is 0 Å². The van der Waals surface area contributed by atoms with Gasteiger partial charge in [-0.05, 0) is 0 Å². The van der Waals surface area contributed by atoms with E-state index in [4.69, 9.17) is 0 Å². The predicted molar refractivity (Wildman–Crippen MR) is 51.7 cm³/mol. The van der Waals surface area contributed by atoms with Gasteiger partial charge in [-0.15, -0.1) is 0 Å². The first-order chi connectivity index (χ1) is 6.60. The van der Waals surface area contributed by atoms with Crippen LogP contribution in [0.2, 0.25) is 0 Å². The van der Waals surface area contributed by atoms with E-state index in [-0.39, 0.29) is 32.5 Å². The number of hydrogen-bond acceptors (Lipinski definition) is 4. The molecule has 82 valence electrons. The van der Waals surface area contributed by atoms with Gasteiger partial charge in [-0.2, -0.15) is 0 Å². The first-order valence-corrected chi connectivity index (χ1v) is 4.45. The lowest BCUT2D eigenvalue weighted by Gasteiger charge is -2.02. The van der Waals surface area contributed by atoms with E-state index in [1.807, 2.05) is 0 Å². The van der Waals surface area contributed by atoms with Crippen LogP contribution in [0.3, 0.4) is 0 Å². The topological polar surface area (TPSA) is 72.5 Å². The Balaban J connectivity index is 0. The molecule has 0 saturated carbocycles. The number of ketones is 1. The number of esters is 1. The Kier molecular flexibility index (Phi) is 6.36. The molecule has 0 atom stereocenters. The monoisotopic (exact) mass is 203 g/mol. The van der Waals surface area contributed by atoms with Crippen LogP contribution in [0.1, 0.15) is 27.6 Å². The zero-order valence-electron chi connectivity index (χ0n) is 8.46. The van der Waals surface area contributed by atoms with E-state index in [9.17, 15) is 14.4 Å². The molecule has 0 aromatic rings. The SMILES string of the molecule is CCC(=O)NCC(=O)CCC(=O)OC.[HH]. The van der Waals surface area contributed by atoms with Crippen molar-refractivity contribution >= 4 is 17.7 Å². The van der Waals surface area contributed by atoms with Crippen molar-refractivity contribution in [1.29, 1.82) is 0 Å². The van der Waals surface area contributed by atoms with Gasteiger partial charge < -0.3 is 10.1 Å². The molecule has 0 spiro atoms. The van der Waals surface area contributed by atoms with Crippen molar-refractivity contribution in [3.05, 3.63) is 0 Å². The molecule has 0 unspecified atom stereocenters. The number of Topliss-reactive ketones (excluding diaryl/α,β-unsaturated/α-hetero) is 1. The molecular weight excluding hydrogens is 186 g/mol. The Labute approximate surface area is 84.3 Å². The van der Waals surface area contributed by atoms with Crippen molar-refractivity contribution in [2.45, 2.75) is 26.2 Å². The van der Waals surface area contributed by atoms with Crippen molar-refractivity contribution in [2.24, 2.45) is 0 Å². The minimum absolute atomic E-state index is 0. The summed E-state index contributed by atoms with van der Waals surface area (Å²) in [5, 5.41) is 2.43. The maximum Gasteiger partial charge on any atom is 0.305 e. The fraction of sp³-hybridized carbons (Fsp3) is 0.667. The summed E-state index contributed by atoms with van der Waals surface area (Å²) in [7, 11) is 1.27. The van der Waals surface area contributed by atoms with E-state index < -0.39 is 5.97 Å². The molecule has 0 saturated heterocycles. The number of carbonyl (C=O) groups is 3. The first kappa shape index (κ1) is 12.6. The molecule has 0 aliphatic carbocycles. The second-order valence-electron chi connectivity index (χ2n) is 2.75. The molecule has 14 heavy (non-hydrogen) atoms. The molecule has 0 aromatic heterocycles. The zero-order valence-corrected chi connectivity index (χ0v) is 8.46. The molecule has 0 aromatic carbocycles. The molecule has 1 amide bonds. The molecule has 5 heteroatoms. The largest absolute Gasteiger partial charge is 0.469 e. The number of carbonyl (C=O) groups excluding carboxylic acids is 3. The quantitative estimate of drug-likeness (QED) is 0.629. The van der Waals surface area contributed by atoms with Gasteiger partial charge in [0.15, 0.2) is 5.78 Å². The van der Waals surface area contributed by atoms with Crippen molar-refractivity contribution in [2.75, 3.05) is 13.7 Å². The van der Waals surface area contributed by atoms with E-state index >= 15 is 0 Å². The zero-order chi connectivity index (χ0) is 11.0. The molecule has 0 heterocycles. The Bertz CT molecular complexity index is 208. The number of rotatable bonds is 6. The molecule has 0 aliphatic heterocycles. The van der Waals surface area contributed by atoms with Gasteiger partial charge in [0.1, 0.15) is 0 Å². The lowest BCUT2D eigenvalue weighted by Crippen LogP contribution is -2.28. The van der Waals surface area contributed by atoms with E-state index in [1.54, 1.807) is 6.92 Å². The normalized spacial score (nSPS) is 9.29. The first-order valence-electron chi connectivity index (χ1n) is 4.45. The highest BCUT2D eigenvalue weighted by Gasteiger charge is 2.07. The number of nitrogens with one attached hydrogen (secondary N) is 1. The van der Waals surface area contributed by atoms with E-state index in [2.05, 4.69) is 10.1 Å². The van der Waals surface area contributed by atoms with Gasteiger partial charge >= 0.3 is 5.97 Å². The van der Waals surface area contributed by atoms with Crippen molar-refractivity contribution in [1.82, 2.24) is 5.32 Å². The molecule has 0 radical (unpaired) electrons. The van der Waals surface area contributed by atoms with Gasteiger partial charge in [-0.3, -0.25) is 14.4 Å². The smallest absolute Gasteiger partial charge is 0.305 e. The van der Waals surface area contributed by atoms with Crippen LogP contribution in [0.4, 0.5) is 0 Å². The minimum Gasteiger partial charge on any atom is -0.469 e. The number of hydrogen-bond donors (Lipinski definition) is 1. The molecule has 0 rings (SSSR count). The van der Waals surface area contributed by atoms with Gasteiger partial charge in [0.25, 0.3) is 0 Å². The highest BCUT2D eigenvalue weighted by molar-refractivity contribution is 5.87. The summed E-state index contributed by atoms with van der Waals surface area (Å²) in [5.74, 6) is -0.756. The average Bonchev–Trinajstić information content (AvgIpc) is 2.22. The van der Waals surface area contributed by atoms with Crippen LogP contribution in [0.5, 0.6) is 0 Å². The molecule has 5 nitrogen and oxygen atoms in total. The Morgan fingerprint density at radius 2 is 1.93 bits per heavy atom. The standard InChI is InChI=1S/C9H15NO4.H2/c1-3-8(12)10-6-7(11)4-5-9(13)14-2;/h3-6H2,1-2H3,(H,10,12);1H. The third-order valence-corrected chi connectivity index (χ3v) is 1.64. The highest BCUT2D eigenvalue weighted by atomic mass is 16.5. The van der Waals surface area contributed by atoms with Crippen LogP contribution in [-0.4, -0.2) is 31.3 Å². The van der Waals surface area contributed by atoms with Crippen LogP contribution in [-0.2, 0) is 19.1 Å².